The Labute approximate surface area is 157 Å². The number of H-pyrrole nitrogens is 1. The maximum absolute atomic E-state index is 13.0. The Kier molecular flexibility index (Phi) is 4.11. The Hall–Kier alpha value is -2.41. The maximum Gasteiger partial charge on any atom is 0.225 e. The number of piperidine rings is 1. The average molecular weight is 367 g/mol. The minimum absolute atomic E-state index is 0.116. The summed E-state index contributed by atoms with van der Waals surface area (Å²) >= 11 is 0. The van der Waals surface area contributed by atoms with Crippen LogP contribution >= 0.6 is 0 Å². The van der Waals surface area contributed by atoms with Crippen molar-refractivity contribution < 1.29 is 9.53 Å². The van der Waals surface area contributed by atoms with Crippen LogP contribution in [0.5, 0.6) is 0 Å². The van der Waals surface area contributed by atoms with Crippen LogP contribution in [-0.2, 0) is 9.53 Å². The highest BCUT2D eigenvalue weighted by Crippen LogP contribution is 2.34. The second kappa shape index (κ2) is 6.64. The lowest BCUT2D eigenvalue weighted by atomic mass is 9.85. The quantitative estimate of drug-likeness (QED) is 0.755. The molecule has 27 heavy (non-hydrogen) atoms. The number of nitrogens with one attached hydrogen (secondary N) is 1. The van der Waals surface area contributed by atoms with Crippen molar-refractivity contribution in [3.8, 4) is 0 Å². The first kappa shape index (κ1) is 16.7. The van der Waals surface area contributed by atoms with Crippen molar-refractivity contribution >= 4 is 22.6 Å². The predicted molar refractivity (Wildman–Crippen MR) is 101 cm³/mol. The van der Waals surface area contributed by atoms with Crippen LogP contribution in [0.15, 0.2) is 24.7 Å². The van der Waals surface area contributed by atoms with E-state index in [1.54, 1.807) is 0 Å². The Balaban J connectivity index is 1.47. The van der Waals surface area contributed by atoms with Crippen LogP contribution in [0, 0.1) is 11.8 Å². The molecule has 0 bridgehead atoms. The summed E-state index contributed by atoms with van der Waals surface area (Å²) in [7, 11) is 0. The summed E-state index contributed by atoms with van der Waals surface area (Å²) in [5.41, 5.74) is 2.90. The average Bonchev–Trinajstić information content (AvgIpc) is 3.35. The molecule has 2 aliphatic rings. The lowest BCUT2D eigenvalue weighted by molar-refractivity contribution is -0.140. The van der Waals surface area contributed by atoms with Crippen molar-refractivity contribution in [2.24, 2.45) is 11.8 Å². The molecule has 2 atom stereocenters. The molecule has 7 nitrogen and oxygen atoms in total. The molecule has 7 heteroatoms. The smallest absolute Gasteiger partial charge is 0.225 e. The molecule has 142 valence electrons. The molecule has 2 aliphatic heterocycles. The number of ether oxygens (including phenoxy) is 1. The van der Waals surface area contributed by atoms with Gasteiger partial charge in [0.2, 0.25) is 5.91 Å². The molecule has 0 saturated carbocycles. The first-order chi connectivity index (χ1) is 13.2. The van der Waals surface area contributed by atoms with E-state index in [2.05, 4.69) is 26.2 Å². The van der Waals surface area contributed by atoms with Crippen molar-refractivity contribution in [3.05, 3.63) is 30.5 Å². The van der Waals surface area contributed by atoms with E-state index in [1.807, 2.05) is 24.7 Å². The second-order valence-electron chi connectivity index (χ2n) is 7.89. The van der Waals surface area contributed by atoms with Crippen molar-refractivity contribution in [2.45, 2.75) is 32.1 Å². The van der Waals surface area contributed by atoms with Crippen LogP contribution in [0.25, 0.3) is 16.7 Å². The zero-order valence-electron chi connectivity index (χ0n) is 15.6. The standard InChI is InChI=1S/C20H25N5O2/c1-13-3-7-24(20(26)14-4-8-27-9-5-14)12-16(13)19-23-11-15-10-22-18-17(25(15)19)2-6-21-18/h2,6,10-11,13-14,16,21H,3-5,7-9,12H2,1H3/t13-,16+/m1/s1. The summed E-state index contributed by atoms with van der Waals surface area (Å²) in [6.07, 6.45) is 8.35. The molecule has 2 fully saturated rings. The minimum atomic E-state index is 0.116. The number of fused-ring (bicyclic) bond motifs is 3. The van der Waals surface area contributed by atoms with Gasteiger partial charge in [0.05, 0.1) is 23.4 Å². The summed E-state index contributed by atoms with van der Waals surface area (Å²) in [4.78, 5) is 27.5. The van der Waals surface area contributed by atoms with Gasteiger partial charge in [-0.1, -0.05) is 6.92 Å². The van der Waals surface area contributed by atoms with Gasteiger partial charge in [-0.2, -0.15) is 0 Å². The first-order valence-corrected chi connectivity index (χ1v) is 9.88. The van der Waals surface area contributed by atoms with Gasteiger partial charge in [0.15, 0.2) is 5.65 Å². The van der Waals surface area contributed by atoms with Crippen LogP contribution < -0.4 is 0 Å². The number of hydrogen-bond acceptors (Lipinski definition) is 4. The van der Waals surface area contributed by atoms with Gasteiger partial charge in [0.25, 0.3) is 0 Å². The summed E-state index contributed by atoms with van der Waals surface area (Å²) in [6.45, 7) is 5.27. The summed E-state index contributed by atoms with van der Waals surface area (Å²) in [5, 5.41) is 0. The van der Waals surface area contributed by atoms with Gasteiger partial charge in [-0.25, -0.2) is 9.97 Å². The van der Waals surface area contributed by atoms with Crippen molar-refractivity contribution in [1.82, 2.24) is 24.3 Å². The van der Waals surface area contributed by atoms with E-state index in [9.17, 15) is 4.79 Å². The van der Waals surface area contributed by atoms with E-state index in [4.69, 9.17) is 9.72 Å². The summed E-state index contributed by atoms with van der Waals surface area (Å²) in [5.74, 6) is 2.16. The fourth-order valence-electron chi connectivity index (χ4n) is 4.57. The van der Waals surface area contributed by atoms with Crippen LogP contribution in [0.4, 0.5) is 0 Å². The SMILES string of the molecule is C[C@@H]1CCN(C(=O)C2CCOCC2)C[C@@H]1c1ncc2cnc3[nH]ccc3n12. The van der Waals surface area contributed by atoms with Gasteiger partial charge in [0.1, 0.15) is 5.82 Å². The second-order valence-corrected chi connectivity index (χ2v) is 7.89. The molecular weight excluding hydrogens is 342 g/mol. The molecule has 2 saturated heterocycles. The number of likely N-dealkylation sites (tertiary alicyclic amines) is 1. The summed E-state index contributed by atoms with van der Waals surface area (Å²) in [6, 6.07) is 2.04. The molecule has 0 aromatic carbocycles. The number of hydrogen-bond donors (Lipinski definition) is 1. The third-order valence-corrected chi connectivity index (χ3v) is 6.26. The highest BCUT2D eigenvalue weighted by Gasteiger charge is 2.35. The molecule has 1 N–H and O–H groups in total. The molecule has 3 aromatic rings. The fraction of sp³-hybridized carbons (Fsp3) is 0.550. The van der Waals surface area contributed by atoms with Gasteiger partial charge in [-0.3, -0.25) is 9.20 Å². The third-order valence-electron chi connectivity index (χ3n) is 6.26. The lowest BCUT2D eigenvalue weighted by Gasteiger charge is -2.38. The molecule has 5 heterocycles. The molecule has 0 unspecified atom stereocenters. The van der Waals surface area contributed by atoms with Crippen LogP contribution in [0.3, 0.4) is 0 Å². The minimum Gasteiger partial charge on any atom is -0.381 e. The van der Waals surface area contributed by atoms with Crippen molar-refractivity contribution in [1.29, 1.82) is 0 Å². The number of nitrogens with zero attached hydrogens (tertiary/aromatic N) is 4. The molecule has 3 aromatic heterocycles. The van der Waals surface area contributed by atoms with Gasteiger partial charge < -0.3 is 14.6 Å². The topological polar surface area (TPSA) is 75.5 Å². The van der Waals surface area contributed by atoms with Gasteiger partial charge in [-0.15, -0.1) is 0 Å². The number of aromatic amines is 1. The lowest BCUT2D eigenvalue weighted by Crippen LogP contribution is -2.46. The van der Waals surface area contributed by atoms with E-state index in [1.165, 1.54) is 0 Å². The number of imidazole rings is 1. The number of aromatic nitrogens is 4. The molecule has 5 rings (SSSR count). The van der Waals surface area contributed by atoms with Gasteiger partial charge in [0, 0.05) is 44.3 Å². The molecular formula is C20H25N5O2. The van der Waals surface area contributed by atoms with E-state index in [0.717, 1.165) is 54.9 Å². The summed E-state index contributed by atoms with van der Waals surface area (Å²) < 4.78 is 7.62. The Morgan fingerprint density at radius 2 is 2.04 bits per heavy atom. The Morgan fingerprint density at radius 3 is 2.89 bits per heavy atom. The molecule has 0 radical (unpaired) electrons. The van der Waals surface area contributed by atoms with Crippen LogP contribution in [0.1, 0.15) is 37.9 Å². The monoisotopic (exact) mass is 367 g/mol. The zero-order chi connectivity index (χ0) is 18.4. The normalized spacial score (nSPS) is 24.7. The van der Waals surface area contributed by atoms with Crippen LogP contribution in [-0.4, -0.2) is 56.5 Å². The van der Waals surface area contributed by atoms with Gasteiger partial charge in [-0.05, 0) is 31.2 Å². The van der Waals surface area contributed by atoms with Crippen molar-refractivity contribution in [2.75, 3.05) is 26.3 Å². The van der Waals surface area contributed by atoms with Crippen molar-refractivity contribution in [3.63, 3.8) is 0 Å². The highest BCUT2D eigenvalue weighted by atomic mass is 16.5. The highest BCUT2D eigenvalue weighted by molar-refractivity contribution is 5.79. The maximum atomic E-state index is 13.0. The zero-order valence-corrected chi connectivity index (χ0v) is 15.6. The third kappa shape index (κ3) is 2.81. The first-order valence-electron chi connectivity index (χ1n) is 9.88. The number of amides is 1. The fourth-order valence-corrected chi connectivity index (χ4v) is 4.57. The largest absolute Gasteiger partial charge is 0.381 e. The number of rotatable bonds is 2. The van der Waals surface area contributed by atoms with Gasteiger partial charge >= 0.3 is 0 Å². The molecule has 1 amide bonds. The van der Waals surface area contributed by atoms with E-state index >= 15 is 0 Å². The van der Waals surface area contributed by atoms with Crippen LogP contribution in [0.2, 0.25) is 0 Å². The van der Waals surface area contributed by atoms with E-state index < -0.39 is 0 Å². The number of carbonyl (C=O) groups is 1. The Morgan fingerprint density at radius 1 is 1.22 bits per heavy atom. The predicted octanol–water partition coefficient (Wildman–Crippen LogP) is 2.59. The van der Waals surface area contributed by atoms with E-state index in [-0.39, 0.29) is 11.8 Å². The molecule has 0 aliphatic carbocycles. The Bertz CT molecular complexity index is 971. The number of carbonyl (C=O) groups excluding carboxylic acids is 1. The van der Waals surface area contributed by atoms with E-state index in [0.29, 0.717) is 25.0 Å². The molecule has 0 spiro atoms.